The van der Waals surface area contributed by atoms with Gasteiger partial charge in [0.05, 0.1) is 17.9 Å². The number of halogens is 1. The molecule has 0 saturated carbocycles. The van der Waals surface area contributed by atoms with E-state index >= 15 is 0 Å². The first-order chi connectivity index (χ1) is 12.5. The zero-order valence-corrected chi connectivity index (χ0v) is 14.7. The molecule has 6 nitrogen and oxygen atoms in total. The van der Waals surface area contributed by atoms with Gasteiger partial charge in [0.2, 0.25) is 10.0 Å². The van der Waals surface area contributed by atoms with Crippen molar-refractivity contribution in [1.82, 2.24) is 19.1 Å². The molecule has 1 aromatic carbocycles. The monoisotopic (exact) mass is 372 g/mol. The summed E-state index contributed by atoms with van der Waals surface area (Å²) in [6.07, 6.45) is 3.55. The van der Waals surface area contributed by atoms with E-state index in [0.29, 0.717) is 30.8 Å². The van der Waals surface area contributed by atoms with E-state index in [1.807, 2.05) is 6.07 Å². The summed E-state index contributed by atoms with van der Waals surface area (Å²) in [5.41, 5.74) is 2.10. The second-order valence-electron chi connectivity index (χ2n) is 6.14. The minimum atomic E-state index is -3.62. The molecule has 0 fully saturated rings. The van der Waals surface area contributed by atoms with Crippen LogP contribution in [0.3, 0.4) is 0 Å². The first kappa shape index (κ1) is 16.9. The van der Waals surface area contributed by atoms with Crippen LogP contribution < -0.4 is 0 Å². The van der Waals surface area contributed by atoms with Crippen molar-refractivity contribution >= 4 is 10.0 Å². The first-order valence-corrected chi connectivity index (χ1v) is 9.71. The number of rotatable bonds is 3. The molecule has 134 valence electrons. The molecule has 0 saturated heterocycles. The summed E-state index contributed by atoms with van der Waals surface area (Å²) in [4.78, 5) is 4.09. The molecule has 0 spiro atoms. The van der Waals surface area contributed by atoms with Crippen LogP contribution in [0.15, 0.2) is 59.8 Å². The van der Waals surface area contributed by atoms with Crippen LogP contribution in [0.1, 0.15) is 12.1 Å². The summed E-state index contributed by atoms with van der Waals surface area (Å²) in [6, 6.07) is 11.2. The Morgan fingerprint density at radius 2 is 1.96 bits per heavy atom. The highest BCUT2D eigenvalue weighted by Crippen LogP contribution is 2.25. The lowest BCUT2D eigenvalue weighted by Gasteiger charge is -2.19. The van der Waals surface area contributed by atoms with E-state index in [4.69, 9.17) is 0 Å². The lowest BCUT2D eigenvalue weighted by Crippen LogP contribution is -2.30. The largest absolute Gasteiger partial charge is 0.268 e. The number of hydrogen-bond donors (Lipinski definition) is 0. The highest BCUT2D eigenvalue weighted by Gasteiger charge is 2.28. The minimum Gasteiger partial charge on any atom is -0.268 e. The molecule has 0 atom stereocenters. The quantitative estimate of drug-likeness (QED) is 0.709. The molecule has 0 unspecified atom stereocenters. The van der Waals surface area contributed by atoms with Gasteiger partial charge in [0.1, 0.15) is 10.7 Å². The number of sulfonamides is 1. The average molecular weight is 372 g/mol. The summed E-state index contributed by atoms with van der Waals surface area (Å²) in [6.45, 7) is 1.25. The third-order valence-electron chi connectivity index (χ3n) is 4.37. The molecule has 0 radical (unpaired) electrons. The average Bonchev–Trinajstić information content (AvgIpc) is 2.94. The van der Waals surface area contributed by atoms with Gasteiger partial charge in [-0.15, -0.1) is 0 Å². The van der Waals surface area contributed by atoms with Gasteiger partial charge in [0.15, 0.2) is 0 Å². The van der Waals surface area contributed by atoms with Gasteiger partial charge in [0.25, 0.3) is 0 Å². The molecular weight excluding hydrogens is 355 g/mol. The molecule has 0 bridgehead atoms. The topological polar surface area (TPSA) is 68.1 Å². The molecule has 0 amide bonds. The Bertz CT molecular complexity index is 1030. The van der Waals surface area contributed by atoms with Crippen LogP contribution in [0.25, 0.3) is 11.3 Å². The van der Waals surface area contributed by atoms with E-state index in [-0.39, 0.29) is 17.3 Å². The van der Waals surface area contributed by atoms with Crippen molar-refractivity contribution < 1.29 is 12.8 Å². The highest BCUT2D eigenvalue weighted by molar-refractivity contribution is 7.89. The Morgan fingerprint density at radius 3 is 2.73 bits per heavy atom. The van der Waals surface area contributed by atoms with Gasteiger partial charge in [-0.3, -0.25) is 9.67 Å². The Labute approximate surface area is 151 Å². The maximum Gasteiger partial charge on any atom is 0.244 e. The van der Waals surface area contributed by atoms with Crippen LogP contribution >= 0.6 is 0 Å². The minimum absolute atomic E-state index is 0.179. The summed E-state index contributed by atoms with van der Waals surface area (Å²) in [5, 5.41) is 4.53. The Kier molecular flexibility index (Phi) is 4.29. The van der Waals surface area contributed by atoms with Crippen molar-refractivity contribution in [3.05, 3.63) is 66.4 Å². The lowest BCUT2D eigenvalue weighted by molar-refractivity contribution is 0.409. The molecule has 4 rings (SSSR count). The normalized spacial score (nSPS) is 15.4. The Balaban J connectivity index is 1.67. The van der Waals surface area contributed by atoms with Gasteiger partial charge in [-0.1, -0.05) is 12.1 Å². The fourth-order valence-electron chi connectivity index (χ4n) is 3.08. The Hall–Kier alpha value is -2.58. The predicted octanol–water partition coefficient (Wildman–Crippen LogP) is 2.68. The van der Waals surface area contributed by atoms with Gasteiger partial charge in [0, 0.05) is 31.0 Å². The SMILES string of the molecule is O=S(=O)(c1cccnc1)N1CCCn2nc(-c3cccc(F)c3)cc2C1. The molecule has 8 heteroatoms. The number of benzene rings is 1. The number of fused-ring (bicyclic) bond motifs is 1. The molecule has 26 heavy (non-hydrogen) atoms. The third kappa shape index (κ3) is 3.13. The van der Waals surface area contributed by atoms with Crippen molar-refractivity contribution in [3.8, 4) is 11.3 Å². The molecule has 0 N–H and O–H groups in total. The van der Waals surface area contributed by atoms with Crippen LogP contribution in [-0.4, -0.2) is 34.0 Å². The van der Waals surface area contributed by atoms with E-state index < -0.39 is 10.0 Å². The van der Waals surface area contributed by atoms with Crippen LogP contribution in [0.5, 0.6) is 0 Å². The van der Waals surface area contributed by atoms with E-state index in [1.165, 1.54) is 22.6 Å². The maximum absolute atomic E-state index is 13.5. The summed E-state index contributed by atoms with van der Waals surface area (Å²) in [7, 11) is -3.62. The molecular formula is C18H17FN4O2S. The van der Waals surface area contributed by atoms with E-state index in [9.17, 15) is 12.8 Å². The molecule has 0 aliphatic carbocycles. The predicted molar refractivity (Wildman–Crippen MR) is 94.1 cm³/mol. The summed E-state index contributed by atoms with van der Waals surface area (Å²) in [5.74, 6) is -0.327. The van der Waals surface area contributed by atoms with Crippen molar-refractivity contribution in [2.45, 2.75) is 24.4 Å². The summed E-state index contributed by atoms with van der Waals surface area (Å²) < 4.78 is 42.5. The van der Waals surface area contributed by atoms with E-state index in [1.54, 1.807) is 35.1 Å². The van der Waals surface area contributed by atoms with Crippen molar-refractivity contribution in [2.24, 2.45) is 0 Å². The fraction of sp³-hybridized carbons (Fsp3) is 0.222. The van der Waals surface area contributed by atoms with Crippen molar-refractivity contribution in [3.63, 3.8) is 0 Å². The number of pyridine rings is 1. The third-order valence-corrected chi connectivity index (χ3v) is 6.20. The zero-order valence-electron chi connectivity index (χ0n) is 13.9. The van der Waals surface area contributed by atoms with Gasteiger partial charge in [-0.2, -0.15) is 9.40 Å². The van der Waals surface area contributed by atoms with Crippen LogP contribution in [-0.2, 0) is 23.1 Å². The number of aryl methyl sites for hydroxylation is 1. The second kappa shape index (κ2) is 6.62. The number of hydrogen-bond acceptors (Lipinski definition) is 4. The standard InChI is InChI=1S/C18H17FN4O2S/c19-15-5-1-4-14(10-15)18-11-16-13-22(8-3-9-23(16)21-18)26(24,25)17-6-2-7-20-12-17/h1-2,4-7,10-12H,3,8-9,13H2. The second-order valence-corrected chi connectivity index (χ2v) is 8.07. The summed E-state index contributed by atoms with van der Waals surface area (Å²) >= 11 is 0. The van der Waals surface area contributed by atoms with Gasteiger partial charge in [-0.05, 0) is 36.8 Å². The van der Waals surface area contributed by atoms with Gasteiger partial charge < -0.3 is 0 Å². The van der Waals surface area contributed by atoms with Crippen LogP contribution in [0.2, 0.25) is 0 Å². The van der Waals surface area contributed by atoms with Crippen molar-refractivity contribution in [1.29, 1.82) is 0 Å². The smallest absolute Gasteiger partial charge is 0.244 e. The number of nitrogens with zero attached hydrogens (tertiary/aromatic N) is 4. The fourth-order valence-corrected chi connectivity index (χ4v) is 4.49. The van der Waals surface area contributed by atoms with Gasteiger partial charge >= 0.3 is 0 Å². The number of aromatic nitrogens is 3. The van der Waals surface area contributed by atoms with Crippen molar-refractivity contribution in [2.75, 3.05) is 6.54 Å². The molecule has 1 aliphatic rings. The maximum atomic E-state index is 13.5. The molecule has 3 heterocycles. The van der Waals surface area contributed by atoms with E-state index in [0.717, 1.165) is 5.69 Å². The Morgan fingerprint density at radius 1 is 1.08 bits per heavy atom. The molecule has 2 aromatic heterocycles. The highest BCUT2D eigenvalue weighted by atomic mass is 32.2. The molecule has 3 aromatic rings. The lowest BCUT2D eigenvalue weighted by atomic mass is 10.1. The van der Waals surface area contributed by atoms with E-state index in [2.05, 4.69) is 10.1 Å². The first-order valence-electron chi connectivity index (χ1n) is 8.27. The van der Waals surface area contributed by atoms with Crippen LogP contribution in [0, 0.1) is 5.82 Å². The van der Waals surface area contributed by atoms with Gasteiger partial charge in [-0.25, -0.2) is 12.8 Å². The zero-order chi connectivity index (χ0) is 18.1. The van der Waals surface area contributed by atoms with Crippen LogP contribution in [0.4, 0.5) is 4.39 Å². The molecule has 1 aliphatic heterocycles.